The predicted octanol–water partition coefficient (Wildman–Crippen LogP) is 3.17. The number of carbonyl (C=O) groups excluding carboxylic acids is 1. The summed E-state index contributed by atoms with van der Waals surface area (Å²) >= 11 is 0. The van der Waals surface area contributed by atoms with Gasteiger partial charge in [0.2, 0.25) is 0 Å². The van der Waals surface area contributed by atoms with Crippen LogP contribution in [0.4, 0.5) is 26.3 Å². The lowest BCUT2D eigenvalue weighted by Gasteiger charge is -2.27. The van der Waals surface area contributed by atoms with Crippen molar-refractivity contribution in [3.05, 3.63) is 35.4 Å². The van der Waals surface area contributed by atoms with Gasteiger partial charge in [-0.05, 0) is 13.0 Å². The number of halogens is 6. The normalized spacial score (nSPS) is 16.0. The smallest absolute Gasteiger partial charge is 0.311 e. The summed E-state index contributed by atoms with van der Waals surface area (Å²) in [7, 11) is 0. The summed E-state index contributed by atoms with van der Waals surface area (Å²) in [5, 5.41) is 0. The molecule has 1 atom stereocenters. The molecule has 0 spiro atoms. The second-order valence-electron chi connectivity index (χ2n) is 4.07. The lowest BCUT2D eigenvalue weighted by atomic mass is 9.89. The summed E-state index contributed by atoms with van der Waals surface area (Å²) in [5.41, 5.74) is -1.08. The first-order chi connectivity index (χ1) is 8.39. The van der Waals surface area contributed by atoms with Gasteiger partial charge in [-0.15, -0.1) is 0 Å². The topological polar surface area (TPSA) is 43.1 Å². The van der Waals surface area contributed by atoms with Crippen molar-refractivity contribution in [2.24, 2.45) is 5.73 Å². The van der Waals surface area contributed by atoms with E-state index < -0.39 is 34.8 Å². The van der Waals surface area contributed by atoms with Gasteiger partial charge in [-0.1, -0.05) is 18.2 Å². The second kappa shape index (κ2) is 4.52. The molecule has 2 N–H and O–H groups in total. The molecule has 0 aliphatic carbocycles. The minimum absolute atomic E-state index is 0.336. The first-order valence-electron chi connectivity index (χ1n) is 4.95. The van der Waals surface area contributed by atoms with Crippen molar-refractivity contribution in [1.29, 1.82) is 0 Å². The summed E-state index contributed by atoms with van der Waals surface area (Å²) in [6, 6.07) is 3.21. The second-order valence-corrected chi connectivity index (χ2v) is 4.07. The molecule has 0 saturated carbocycles. The lowest BCUT2D eigenvalue weighted by Crippen LogP contribution is -2.57. The molecule has 0 saturated heterocycles. The third-order valence-corrected chi connectivity index (χ3v) is 2.54. The number of Topliss-reactive ketones (excluding diaryl/α,β-unsaturated/α-hetero) is 1. The Balaban J connectivity index is 3.37. The van der Waals surface area contributed by atoms with Crippen LogP contribution in [-0.2, 0) is 6.18 Å². The van der Waals surface area contributed by atoms with E-state index in [1.165, 1.54) is 0 Å². The highest BCUT2D eigenvalue weighted by Gasteiger charge is 2.55. The van der Waals surface area contributed by atoms with Crippen molar-refractivity contribution in [3.63, 3.8) is 0 Å². The number of hydrogen-bond donors (Lipinski definition) is 1. The van der Waals surface area contributed by atoms with Gasteiger partial charge in [0.25, 0.3) is 0 Å². The van der Waals surface area contributed by atoms with Gasteiger partial charge < -0.3 is 5.73 Å². The van der Waals surface area contributed by atoms with E-state index in [-0.39, 0.29) is 0 Å². The highest BCUT2D eigenvalue weighted by atomic mass is 19.4. The minimum atomic E-state index is -5.15. The zero-order chi connectivity index (χ0) is 15.1. The van der Waals surface area contributed by atoms with Crippen molar-refractivity contribution in [2.45, 2.75) is 24.8 Å². The Morgan fingerprint density at radius 2 is 1.53 bits per heavy atom. The van der Waals surface area contributed by atoms with Gasteiger partial charge in [0.05, 0.1) is 5.56 Å². The highest BCUT2D eigenvalue weighted by molar-refractivity contribution is 6.04. The molecule has 106 valence electrons. The van der Waals surface area contributed by atoms with Gasteiger partial charge >= 0.3 is 12.4 Å². The Kier molecular flexibility index (Phi) is 3.68. The summed E-state index contributed by atoms with van der Waals surface area (Å²) in [6.07, 6.45) is -10.1. The molecule has 0 amide bonds. The number of rotatable bonds is 2. The Labute approximate surface area is 104 Å². The summed E-state index contributed by atoms with van der Waals surface area (Å²) in [4.78, 5) is 11.6. The van der Waals surface area contributed by atoms with Crippen LogP contribution in [0.5, 0.6) is 0 Å². The molecule has 0 heterocycles. The standard InChI is InChI=1S/C11H9F6NO/c1-9(18,11(15,16)17)8(19)6-4-2-3-5-7(6)10(12,13)14/h2-5H,18H2,1H3. The molecule has 1 aromatic carbocycles. The molecule has 8 heteroatoms. The van der Waals surface area contributed by atoms with Crippen LogP contribution in [0.15, 0.2) is 24.3 Å². The number of ketones is 1. The van der Waals surface area contributed by atoms with Crippen LogP contribution in [0.3, 0.4) is 0 Å². The Hall–Kier alpha value is -1.57. The van der Waals surface area contributed by atoms with E-state index >= 15 is 0 Å². The Morgan fingerprint density at radius 3 is 1.95 bits per heavy atom. The van der Waals surface area contributed by atoms with Gasteiger partial charge in [0.1, 0.15) is 0 Å². The van der Waals surface area contributed by atoms with Crippen LogP contribution in [-0.4, -0.2) is 17.5 Å². The average molecular weight is 285 g/mol. The van der Waals surface area contributed by atoms with Crippen LogP contribution in [0, 0.1) is 0 Å². The van der Waals surface area contributed by atoms with E-state index in [4.69, 9.17) is 5.73 Å². The quantitative estimate of drug-likeness (QED) is 0.670. The van der Waals surface area contributed by atoms with Gasteiger partial charge in [0, 0.05) is 5.56 Å². The maximum Gasteiger partial charge on any atom is 0.417 e. The molecule has 0 aliphatic rings. The van der Waals surface area contributed by atoms with Crippen LogP contribution in [0.2, 0.25) is 0 Å². The molecule has 0 fully saturated rings. The van der Waals surface area contributed by atoms with E-state index in [1.54, 1.807) is 0 Å². The van der Waals surface area contributed by atoms with Gasteiger partial charge in [-0.3, -0.25) is 4.79 Å². The molecule has 0 bridgehead atoms. The maximum atomic E-state index is 12.6. The largest absolute Gasteiger partial charge is 0.417 e. The molecule has 0 aromatic heterocycles. The van der Waals surface area contributed by atoms with Crippen molar-refractivity contribution in [3.8, 4) is 0 Å². The lowest BCUT2D eigenvalue weighted by molar-refractivity contribution is -0.166. The number of benzene rings is 1. The zero-order valence-electron chi connectivity index (χ0n) is 9.56. The number of carbonyl (C=O) groups is 1. The van der Waals surface area contributed by atoms with E-state index in [0.717, 1.165) is 12.1 Å². The third kappa shape index (κ3) is 2.89. The number of nitrogens with two attached hydrogens (primary N) is 1. The molecule has 0 aliphatic heterocycles. The molecule has 2 nitrogen and oxygen atoms in total. The zero-order valence-corrected chi connectivity index (χ0v) is 9.56. The minimum Gasteiger partial charge on any atom is -0.311 e. The maximum absolute atomic E-state index is 12.6. The van der Waals surface area contributed by atoms with E-state index in [1.807, 2.05) is 0 Å². The van der Waals surface area contributed by atoms with E-state index in [9.17, 15) is 31.1 Å². The average Bonchev–Trinajstić information content (AvgIpc) is 2.25. The van der Waals surface area contributed by atoms with Gasteiger partial charge in [-0.2, -0.15) is 26.3 Å². The van der Waals surface area contributed by atoms with Crippen LogP contribution >= 0.6 is 0 Å². The molecule has 1 rings (SSSR count). The molecular weight excluding hydrogens is 276 g/mol. The number of hydrogen-bond acceptors (Lipinski definition) is 2. The van der Waals surface area contributed by atoms with Crippen LogP contribution in [0.25, 0.3) is 0 Å². The highest BCUT2D eigenvalue weighted by Crippen LogP contribution is 2.36. The molecule has 19 heavy (non-hydrogen) atoms. The van der Waals surface area contributed by atoms with Crippen molar-refractivity contribution >= 4 is 5.78 Å². The van der Waals surface area contributed by atoms with Gasteiger partial charge in [0.15, 0.2) is 11.3 Å². The fraction of sp³-hybridized carbons (Fsp3) is 0.364. The molecule has 1 unspecified atom stereocenters. The Bertz CT molecular complexity index is 489. The summed E-state index contributed by atoms with van der Waals surface area (Å²) < 4.78 is 75.6. The fourth-order valence-corrected chi connectivity index (χ4v) is 1.34. The SMILES string of the molecule is CC(N)(C(=O)c1ccccc1C(F)(F)F)C(F)(F)F. The molecular formula is C11H9F6NO. The van der Waals surface area contributed by atoms with Crippen LogP contribution < -0.4 is 5.73 Å². The predicted molar refractivity (Wildman–Crippen MR) is 54.4 cm³/mol. The molecule has 0 radical (unpaired) electrons. The van der Waals surface area contributed by atoms with Crippen LogP contribution in [0.1, 0.15) is 22.8 Å². The van der Waals surface area contributed by atoms with Crippen molar-refractivity contribution in [1.82, 2.24) is 0 Å². The van der Waals surface area contributed by atoms with E-state index in [2.05, 4.69) is 0 Å². The first-order valence-corrected chi connectivity index (χ1v) is 4.95. The monoisotopic (exact) mass is 285 g/mol. The van der Waals surface area contributed by atoms with Crippen molar-refractivity contribution < 1.29 is 31.1 Å². The number of alkyl halides is 6. The van der Waals surface area contributed by atoms with Crippen molar-refractivity contribution in [2.75, 3.05) is 0 Å². The fourth-order valence-electron chi connectivity index (χ4n) is 1.34. The Morgan fingerprint density at radius 1 is 1.05 bits per heavy atom. The van der Waals surface area contributed by atoms with Gasteiger partial charge in [-0.25, -0.2) is 0 Å². The molecule has 1 aromatic rings. The third-order valence-electron chi connectivity index (χ3n) is 2.54. The summed E-state index contributed by atoms with van der Waals surface area (Å²) in [5.74, 6) is -1.83. The first kappa shape index (κ1) is 15.5. The van der Waals surface area contributed by atoms with E-state index in [0.29, 0.717) is 19.1 Å². The summed E-state index contributed by atoms with van der Waals surface area (Å²) in [6.45, 7) is 0.336.